The van der Waals surface area contributed by atoms with Crippen LogP contribution in [0, 0.1) is 11.6 Å². The normalized spacial score (nSPS) is 17.0. The Morgan fingerprint density at radius 2 is 1.82 bits per heavy atom. The minimum atomic E-state index is -0.900. The summed E-state index contributed by atoms with van der Waals surface area (Å²) in [5.74, 6) is -2.52. The van der Waals surface area contributed by atoms with Crippen LogP contribution >= 0.6 is 0 Å². The van der Waals surface area contributed by atoms with Gasteiger partial charge in [0.25, 0.3) is 0 Å². The maximum Gasteiger partial charge on any atom is 0.408 e. The quantitative estimate of drug-likeness (QED) is 0.540. The lowest BCUT2D eigenvalue weighted by atomic mass is 9.91. The van der Waals surface area contributed by atoms with E-state index in [1.54, 1.807) is 19.1 Å². The average Bonchev–Trinajstić information content (AvgIpc) is 3.19. The van der Waals surface area contributed by atoms with Crippen LogP contribution in [0.2, 0.25) is 0 Å². The van der Waals surface area contributed by atoms with Gasteiger partial charge in [-0.1, -0.05) is 30.3 Å². The van der Waals surface area contributed by atoms with E-state index in [0.29, 0.717) is 5.84 Å². The lowest BCUT2D eigenvalue weighted by Gasteiger charge is -2.24. The monoisotopic (exact) mass is 475 g/mol. The van der Waals surface area contributed by atoms with Gasteiger partial charge in [0.05, 0.1) is 32.7 Å². The van der Waals surface area contributed by atoms with E-state index in [4.69, 9.17) is 14.2 Å². The molecule has 0 aliphatic carbocycles. The summed E-state index contributed by atoms with van der Waals surface area (Å²) in [6.45, 7) is 2.18. The van der Waals surface area contributed by atoms with Gasteiger partial charge in [-0.25, -0.2) is 13.6 Å². The van der Waals surface area contributed by atoms with Gasteiger partial charge in [0.2, 0.25) is 0 Å². The van der Waals surface area contributed by atoms with Crippen LogP contribution in [0.4, 0.5) is 13.6 Å². The van der Waals surface area contributed by atoms with E-state index < -0.39 is 35.7 Å². The Kier molecular flexibility index (Phi) is 8.78. The number of rotatable bonds is 9. The van der Waals surface area contributed by atoms with Crippen molar-refractivity contribution in [3.05, 3.63) is 65.2 Å². The minimum Gasteiger partial charge on any atom is -0.497 e. The molecule has 2 unspecified atom stereocenters. The van der Waals surface area contributed by atoms with Crippen LogP contribution in [-0.2, 0) is 20.9 Å². The summed E-state index contributed by atoms with van der Waals surface area (Å²) in [7, 11) is 1.31. The molecule has 0 radical (unpaired) electrons. The summed E-state index contributed by atoms with van der Waals surface area (Å²) < 4.78 is 44.7. The Morgan fingerprint density at radius 3 is 2.47 bits per heavy atom. The van der Waals surface area contributed by atoms with Gasteiger partial charge < -0.3 is 24.8 Å². The Balaban J connectivity index is 1.74. The van der Waals surface area contributed by atoms with Crippen molar-refractivity contribution in [2.45, 2.75) is 31.9 Å². The smallest absolute Gasteiger partial charge is 0.408 e. The number of carbonyl (C=O) groups excluding carboxylic acids is 2. The highest BCUT2D eigenvalue weighted by Crippen LogP contribution is 2.32. The third kappa shape index (κ3) is 6.43. The first-order valence-corrected chi connectivity index (χ1v) is 10.9. The zero-order valence-electron chi connectivity index (χ0n) is 19.0. The summed E-state index contributed by atoms with van der Waals surface area (Å²) in [6.07, 6.45) is -0.705. The van der Waals surface area contributed by atoms with E-state index >= 15 is 0 Å². The van der Waals surface area contributed by atoms with Crippen molar-refractivity contribution in [1.82, 2.24) is 10.6 Å². The molecule has 10 heteroatoms. The third-order valence-electron chi connectivity index (χ3n) is 5.24. The predicted molar refractivity (Wildman–Crippen MR) is 121 cm³/mol. The highest BCUT2D eigenvalue weighted by Gasteiger charge is 2.38. The molecule has 0 bridgehead atoms. The van der Waals surface area contributed by atoms with Crippen molar-refractivity contribution in [1.29, 1.82) is 0 Å². The number of amides is 1. The highest BCUT2D eigenvalue weighted by atomic mass is 19.1. The fourth-order valence-corrected chi connectivity index (χ4v) is 3.63. The molecular formula is C24H27F2N3O5. The van der Waals surface area contributed by atoms with Gasteiger partial charge in [-0.05, 0) is 12.5 Å². The van der Waals surface area contributed by atoms with Crippen LogP contribution in [0.3, 0.4) is 0 Å². The van der Waals surface area contributed by atoms with Crippen LogP contribution in [0.1, 0.15) is 30.4 Å². The van der Waals surface area contributed by atoms with Gasteiger partial charge in [0.1, 0.15) is 29.8 Å². The largest absolute Gasteiger partial charge is 0.497 e. The zero-order valence-corrected chi connectivity index (χ0v) is 19.0. The van der Waals surface area contributed by atoms with Crippen molar-refractivity contribution in [3.63, 3.8) is 0 Å². The van der Waals surface area contributed by atoms with Crippen molar-refractivity contribution >= 4 is 17.9 Å². The molecule has 182 valence electrons. The molecule has 0 saturated heterocycles. The topological polar surface area (TPSA) is 98.3 Å². The van der Waals surface area contributed by atoms with E-state index in [1.807, 2.05) is 18.2 Å². The van der Waals surface area contributed by atoms with E-state index in [-0.39, 0.29) is 44.0 Å². The van der Waals surface area contributed by atoms with E-state index in [0.717, 1.165) is 17.7 Å². The number of esters is 1. The van der Waals surface area contributed by atoms with E-state index in [9.17, 15) is 18.4 Å². The average molecular weight is 475 g/mol. The van der Waals surface area contributed by atoms with Gasteiger partial charge in [0.15, 0.2) is 0 Å². The summed E-state index contributed by atoms with van der Waals surface area (Å²) >= 11 is 0. The molecule has 3 rings (SSSR count). The lowest BCUT2D eigenvalue weighted by Crippen LogP contribution is -2.48. The molecule has 2 aromatic carbocycles. The molecule has 0 fully saturated rings. The minimum absolute atomic E-state index is 0.0194. The van der Waals surface area contributed by atoms with Crippen molar-refractivity contribution < 1.29 is 32.6 Å². The Hall–Kier alpha value is -3.69. The number of alkyl carbamates (subject to hydrolysis) is 1. The van der Waals surface area contributed by atoms with Crippen LogP contribution in [0.5, 0.6) is 5.75 Å². The number of amidine groups is 1. The van der Waals surface area contributed by atoms with Crippen LogP contribution in [-0.4, -0.2) is 50.7 Å². The fraction of sp³-hybridized carbons (Fsp3) is 0.375. The number of hydrogen-bond donors (Lipinski definition) is 2. The first-order valence-electron chi connectivity index (χ1n) is 10.9. The number of nitrogens with one attached hydrogen (secondary N) is 2. The maximum atomic E-state index is 14.8. The second-order valence-corrected chi connectivity index (χ2v) is 7.50. The molecule has 1 heterocycles. The maximum absolute atomic E-state index is 14.8. The van der Waals surface area contributed by atoms with Gasteiger partial charge in [-0.2, -0.15) is 0 Å². The van der Waals surface area contributed by atoms with Crippen LogP contribution in [0.25, 0.3) is 0 Å². The molecule has 1 aliphatic heterocycles. The van der Waals surface area contributed by atoms with E-state index in [1.165, 1.54) is 7.11 Å². The van der Waals surface area contributed by atoms with Crippen LogP contribution < -0.4 is 15.4 Å². The number of aliphatic imine (C=N–C) groups is 1. The standard InChI is InChI=1S/C24H27F2N3O5/c1-3-33-20(30)9-10-27-23-22(29-24(31)34-14-15-7-5-4-6-8-15)17(13-28-23)21-18(25)11-16(32-2)12-19(21)26/h4-8,11-12,17,22H,3,9-10,13-14H2,1-2H3,(H,27,28)(H,29,31). The molecule has 0 saturated carbocycles. The third-order valence-corrected chi connectivity index (χ3v) is 5.24. The number of methoxy groups -OCH3 is 1. The molecule has 2 aromatic rings. The number of hydrogen-bond acceptors (Lipinski definition) is 7. The molecule has 0 aromatic heterocycles. The zero-order chi connectivity index (χ0) is 24.5. The molecule has 34 heavy (non-hydrogen) atoms. The summed E-state index contributed by atoms with van der Waals surface area (Å²) in [5, 5.41) is 5.63. The Labute approximate surface area is 196 Å². The Morgan fingerprint density at radius 1 is 1.12 bits per heavy atom. The van der Waals surface area contributed by atoms with Crippen molar-refractivity contribution in [3.8, 4) is 5.75 Å². The van der Waals surface area contributed by atoms with Crippen molar-refractivity contribution in [2.24, 2.45) is 4.99 Å². The molecule has 2 N–H and O–H groups in total. The second-order valence-electron chi connectivity index (χ2n) is 7.50. The molecule has 0 spiro atoms. The summed E-state index contributed by atoms with van der Waals surface area (Å²) in [6, 6.07) is 10.3. The number of ether oxygens (including phenoxy) is 3. The number of halogens is 2. The SMILES string of the molecule is CCOC(=O)CCNC1=NCC(c2c(F)cc(OC)cc2F)C1NC(=O)OCc1ccccc1. The summed E-state index contributed by atoms with van der Waals surface area (Å²) in [5.41, 5.74) is 0.564. The molecule has 8 nitrogen and oxygen atoms in total. The van der Waals surface area contributed by atoms with Crippen LogP contribution in [0.15, 0.2) is 47.5 Å². The highest BCUT2D eigenvalue weighted by molar-refractivity contribution is 5.93. The molecule has 1 amide bonds. The van der Waals surface area contributed by atoms with Gasteiger partial charge in [0, 0.05) is 30.2 Å². The van der Waals surface area contributed by atoms with E-state index in [2.05, 4.69) is 15.6 Å². The first-order chi connectivity index (χ1) is 16.4. The van der Waals surface area contributed by atoms with Gasteiger partial charge in [-0.3, -0.25) is 9.79 Å². The molecular weight excluding hydrogens is 448 g/mol. The molecule has 1 aliphatic rings. The van der Waals surface area contributed by atoms with Crippen molar-refractivity contribution in [2.75, 3.05) is 26.8 Å². The lowest BCUT2D eigenvalue weighted by molar-refractivity contribution is -0.142. The summed E-state index contributed by atoms with van der Waals surface area (Å²) in [4.78, 5) is 28.5. The predicted octanol–water partition coefficient (Wildman–Crippen LogP) is 3.31. The molecule has 2 atom stereocenters. The van der Waals surface area contributed by atoms with Gasteiger partial charge in [-0.15, -0.1) is 0 Å². The number of nitrogens with zero attached hydrogens (tertiary/aromatic N) is 1. The first kappa shape index (κ1) is 24.9. The second kappa shape index (κ2) is 12.0. The number of benzene rings is 2. The van der Waals surface area contributed by atoms with Gasteiger partial charge >= 0.3 is 12.1 Å². The Bertz CT molecular complexity index is 1010. The fourth-order valence-electron chi connectivity index (χ4n) is 3.63. The number of carbonyl (C=O) groups is 2.